The summed E-state index contributed by atoms with van der Waals surface area (Å²) in [5.74, 6) is -2.32. The van der Waals surface area contributed by atoms with Crippen molar-refractivity contribution in [2.45, 2.75) is 13.1 Å². The van der Waals surface area contributed by atoms with Crippen molar-refractivity contribution in [1.29, 1.82) is 0 Å². The van der Waals surface area contributed by atoms with Crippen LogP contribution in [0.3, 0.4) is 0 Å². The van der Waals surface area contributed by atoms with Crippen molar-refractivity contribution in [1.82, 2.24) is 0 Å². The minimum Gasteiger partial charge on any atom is -0.459 e. The number of halogens is 3. The molecule has 0 heterocycles. The lowest BCUT2D eigenvalue weighted by atomic mass is 10.3. The molecule has 130 valence electrons. The molecule has 0 radical (unpaired) electrons. The fourth-order valence-electron chi connectivity index (χ4n) is 0.886. The van der Waals surface area contributed by atoms with Crippen LogP contribution in [0.15, 0.2) is 24.3 Å². The molecule has 0 rings (SSSR count). The fourth-order valence-corrected chi connectivity index (χ4v) is 0.886. The molecule has 0 spiro atoms. The van der Waals surface area contributed by atoms with Crippen molar-refractivity contribution in [3.8, 4) is 0 Å². The molecule has 0 saturated carbocycles. The van der Waals surface area contributed by atoms with Crippen molar-refractivity contribution in [3.63, 3.8) is 0 Å². The van der Waals surface area contributed by atoms with Gasteiger partial charge in [0.2, 0.25) is 0 Å². The Kier molecular flexibility index (Phi) is 8.45. The Hall–Kier alpha value is -2.52. The van der Waals surface area contributed by atoms with Crippen LogP contribution in [-0.2, 0) is 28.5 Å². The maximum Gasteiger partial charge on any atom is 0.508 e. The zero-order chi connectivity index (χ0) is 18.0. The molecule has 0 aromatic heterocycles. The van der Waals surface area contributed by atoms with E-state index in [1.165, 1.54) is 6.92 Å². The zero-order valence-corrected chi connectivity index (χ0v) is 12.2. The van der Waals surface area contributed by atoms with Crippen LogP contribution >= 0.6 is 0 Å². The first kappa shape index (κ1) is 20.5. The Morgan fingerprint density at radius 1 is 0.826 bits per heavy atom. The third kappa shape index (κ3) is 9.17. The molecule has 0 aliphatic heterocycles. The van der Waals surface area contributed by atoms with E-state index < -0.39 is 43.1 Å². The predicted octanol–water partition coefficient (Wildman–Crippen LogP) is 1.92. The summed E-state index contributed by atoms with van der Waals surface area (Å²) in [7, 11) is 0. The van der Waals surface area contributed by atoms with Gasteiger partial charge in [0.1, 0.15) is 32.0 Å². The highest BCUT2D eigenvalue weighted by Gasteiger charge is 2.37. The van der Waals surface area contributed by atoms with Gasteiger partial charge in [0.05, 0.1) is 0 Å². The second-order valence-corrected chi connectivity index (χ2v) is 3.98. The first-order chi connectivity index (χ1) is 10.6. The third-order valence-corrected chi connectivity index (χ3v) is 2.01. The highest BCUT2D eigenvalue weighted by atomic mass is 19.4. The Bertz CT molecular complexity index is 482. The number of hydrogen-bond donors (Lipinski definition) is 0. The summed E-state index contributed by atoms with van der Waals surface area (Å²) in [6, 6.07) is 0. The van der Waals surface area contributed by atoms with Crippen LogP contribution in [0.2, 0.25) is 0 Å². The number of esters is 2. The molecular weight excluding hydrogens is 325 g/mol. The lowest BCUT2D eigenvalue weighted by molar-refractivity contribution is -0.151. The van der Waals surface area contributed by atoms with Crippen LogP contribution in [0, 0.1) is 0 Å². The average Bonchev–Trinajstić information content (AvgIpc) is 2.45. The topological polar surface area (TPSA) is 88.1 Å². The molecule has 23 heavy (non-hydrogen) atoms. The fraction of sp³-hybridized carbons (Fsp3) is 0.462. The van der Waals surface area contributed by atoms with Crippen molar-refractivity contribution in [2.24, 2.45) is 0 Å². The summed E-state index contributed by atoms with van der Waals surface area (Å²) in [4.78, 5) is 32.9. The van der Waals surface area contributed by atoms with Crippen molar-refractivity contribution >= 4 is 18.1 Å². The Morgan fingerprint density at radius 2 is 1.22 bits per heavy atom. The van der Waals surface area contributed by atoms with Gasteiger partial charge in [0.15, 0.2) is 0 Å². The SMILES string of the molecule is C=C(C)C(=O)OCCOC(=O)OCCOC(=O)C(=C)C(F)(F)F. The molecule has 0 aliphatic rings. The molecule has 7 nitrogen and oxygen atoms in total. The smallest absolute Gasteiger partial charge is 0.459 e. The molecule has 0 amide bonds. The van der Waals surface area contributed by atoms with E-state index in [0.717, 1.165) is 0 Å². The van der Waals surface area contributed by atoms with E-state index in [9.17, 15) is 27.6 Å². The van der Waals surface area contributed by atoms with Crippen LogP contribution in [0.25, 0.3) is 0 Å². The average molecular weight is 340 g/mol. The number of alkyl halides is 3. The summed E-state index contributed by atoms with van der Waals surface area (Å²) in [6.07, 6.45) is -6.06. The zero-order valence-electron chi connectivity index (χ0n) is 12.2. The summed E-state index contributed by atoms with van der Waals surface area (Å²) < 4.78 is 53.9. The predicted molar refractivity (Wildman–Crippen MR) is 69.2 cm³/mol. The molecule has 0 fully saturated rings. The quantitative estimate of drug-likeness (QED) is 0.289. The highest BCUT2D eigenvalue weighted by Crippen LogP contribution is 2.24. The maximum absolute atomic E-state index is 12.1. The highest BCUT2D eigenvalue weighted by molar-refractivity contribution is 5.89. The molecular formula is C13H15F3O7. The standard InChI is InChI=1S/C13H15F3O7/c1-8(2)10(17)20-4-6-22-12(19)23-7-5-21-11(18)9(3)13(14,15)16/h1,3-7H2,2H3. The van der Waals surface area contributed by atoms with Gasteiger partial charge >= 0.3 is 24.3 Å². The van der Waals surface area contributed by atoms with Crippen molar-refractivity contribution in [2.75, 3.05) is 26.4 Å². The van der Waals surface area contributed by atoms with Crippen LogP contribution < -0.4 is 0 Å². The molecule has 0 bridgehead atoms. The van der Waals surface area contributed by atoms with Crippen molar-refractivity contribution in [3.05, 3.63) is 24.3 Å². The number of carbonyl (C=O) groups excluding carboxylic acids is 3. The van der Waals surface area contributed by atoms with Crippen LogP contribution in [0.4, 0.5) is 18.0 Å². The molecule has 0 aromatic rings. The minimum absolute atomic E-state index is 0.176. The van der Waals surface area contributed by atoms with E-state index in [2.05, 4.69) is 32.1 Å². The van der Waals surface area contributed by atoms with E-state index in [-0.39, 0.29) is 18.8 Å². The lowest BCUT2D eigenvalue weighted by Crippen LogP contribution is -2.23. The molecule has 0 aliphatic carbocycles. The summed E-state index contributed by atoms with van der Waals surface area (Å²) in [5.41, 5.74) is -1.49. The van der Waals surface area contributed by atoms with Gasteiger partial charge in [-0.1, -0.05) is 13.2 Å². The normalized spacial score (nSPS) is 10.4. The van der Waals surface area contributed by atoms with E-state index in [1.807, 2.05) is 0 Å². The molecule has 0 saturated heterocycles. The van der Waals surface area contributed by atoms with Gasteiger partial charge in [-0.15, -0.1) is 0 Å². The second-order valence-electron chi connectivity index (χ2n) is 3.98. The van der Waals surface area contributed by atoms with E-state index in [0.29, 0.717) is 0 Å². The van der Waals surface area contributed by atoms with Gasteiger partial charge in [-0.2, -0.15) is 13.2 Å². The molecule has 0 N–H and O–H groups in total. The maximum atomic E-state index is 12.1. The largest absolute Gasteiger partial charge is 0.508 e. The van der Waals surface area contributed by atoms with E-state index in [1.54, 1.807) is 0 Å². The number of hydrogen-bond acceptors (Lipinski definition) is 7. The molecule has 0 atom stereocenters. The Labute approximate surface area is 129 Å². The number of carbonyl (C=O) groups is 3. The first-order valence-electron chi connectivity index (χ1n) is 6.11. The number of rotatable bonds is 8. The van der Waals surface area contributed by atoms with Gasteiger partial charge in [-0.3, -0.25) is 0 Å². The second kappa shape index (κ2) is 9.49. The number of ether oxygens (including phenoxy) is 4. The van der Waals surface area contributed by atoms with Gasteiger partial charge in [0.25, 0.3) is 0 Å². The first-order valence-corrected chi connectivity index (χ1v) is 6.11. The van der Waals surface area contributed by atoms with Gasteiger partial charge in [-0.05, 0) is 6.92 Å². The van der Waals surface area contributed by atoms with Gasteiger partial charge < -0.3 is 18.9 Å². The minimum atomic E-state index is -4.89. The summed E-state index contributed by atoms with van der Waals surface area (Å²) >= 11 is 0. The van der Waals surface area contributed by atoms with Crippen LogP contribution in [0.5, 0.6) is 0 Å². The Morgan fingerprint density at radius 3 is 1.61 bits per heavy atom. The van der Waals surface area contributed by atoms with Crippen molar-refractivity contribution < 1.29 is 46.5 Å². The van der Waals surface area contributed by atoms with Crippen LogP contribution in [0.1, 0.15) is 6.92 Å². The third-order valence-electron chi connectivity index (χ3n) is 2.01. The molecule has 0 aromatic carbocycles. The van der Waals surface area contributed by atoms with Gasteiger partial charge in [0, 0.05) is 5.57 Å². The summed E-state index contributed by atoms with van der Waals surface area (Å²) in [5, 5.41) is 0. The molecule has 0 unspecified atom stereocenters. The van der Waals surface area contributed by atoms with Gasteiger partial charge in [-0.25, -0.2) is 14.4 Å². The molecule has 10 heteroatoms. The van der Waals surface area contributed by atoms with Crippen LogP contribution in [-0.4, -0.2) is 50.7 Å². The monoisotopic (exact) mass is 340 g/mol. The van der Waals surface area contributed by atoms with E-state index in [4.69, 9.17) is 0 Å². The Balaban J connectivity index is 3.76. The summed E-state index contributed by atoms with van der Waals surface area (Å²) in [6.45, 7) is 5.68. The lowest BCUT2D eigenvalue weighted by Gasteiger charge is -2.10. The van der Waals surface area contributed by atoms with E-state index >= 15 is 0 Å².